The van der Waals surface area contributed by atoms with Crippen LogP contribution in [0.25, 0.3) is 0 Å². The lowest BCUT2D eigenvalue weighted by Crippen LogP contribution is -2.21. The number of ether oxygens (including phenoxy) is 2. The minimum Gasteiger partial charge on any atom is -0.385 e. The third kappa shape index (κ3) is 5.25. The van der Waals surface area contributed by atoms with Gasteiger partial charge in [-0.3, -0.25) is 0 Å². The second kappa shape index (κ2) is 8.35. The number of rotatable bonds is 8. The molecule has 0 unspecified atom stereocenters. The van der Waals surface area contributed by atoms with E-state index in [-0.39, 0.29) is 6.29 Å². The summed E-state index contributed by atoms with van der Waals surface area (Å²) in [6.45, 7) is 8.13. The zero-order valence-corrected chi connectivity index (χ0v) is 12.1. The summed E-state index contributed by atoms with van der Waals surface area (Å²) < 4.78 is 11.0. The van der Waals surface area contributed by atoms with Crippen LogP contribution in [0.2, 0.25) is 5.02 Å². The Balaban J connectivity index is 2.41. The van der Waals surface area contributed by atoms with Crippen molar-refractivity contribution in [2.24, 2.45) is 0 Å². The molecule has 0 bridgehead atoms. The quantitative estimate of drug-likeness (QED) is 0.729. The van der Waals surface area contributed by atoms with E-state index in [1.165, 1.54) is 5.56 Å². The van der Waals surface area contributed by atoms with Crippen molar-refractivity contribution in [3.8, 4) is 0 Å². The predicted molar refractivity (Wildman–Crippen MR) is 76.3 cm³/mol. The van der Waals surface area contributed by atoms with Crippen molar-refractivity contribution in [2.75, 3.05) is 25.1 Å². The van der Waals surface area contributed by atoms with Gasteiger partial charge in [0.1, 0.15) is 0 Å². The van der Waals surface area contributed by atoms with Gasteiger partial charge in [0.15, 0.2) is 6.29 Å². The number of hydrogen-bond acceptors (Lipinski definition) is 3. The van der Waals surface area contributed by atoms with Crippen molar-refractivity contribution in [3.63, 3.8) is 0 Å². The van der Waals surface area contributed by atoms with Gasteiger partial charge in [-0.15, -0.1) is 0 Å². The summed E-state index contributed by atoms with van der Waals surface area (Å²) in [6, 6.07) is 5.84. The van der Waals surface area contributed by atoms with E-state index in [4.69, 9.17) is 21.1 Å². The molecule has 0 aliphatic rings. The van der Waals surface area contributed by atoms with Gasteiger partial charge < -0.3 is 14.8 Å². The van der Waals surface area contributed by atoms with E-state index in [1.807, 2.05) is 32.0 Å². The summed E-state index contributed by atoms with van der Waals surface area (Å²) >= 11 is 5.97. The van der Waals surface area contributed by atoms with Gasteiger partial charge in [-0.25, -0.2) is 0 Å². The molecule has 0 radical (unpaired) electrons. The first-order valence-electron chi connectivity index (χ1n) is 6.40. The number of anilines is 1. The van der Waals surface area contributed by atoms with E-state index in [1.54, 1.807) is 0 Å². The Morgan fingerprint density at radius 1 is 1.22 bits per heavy atom. The molecule has 18 heavy (non-hydrogen) atoms. The molecule has 0 aliphatic carbocycles. The van der Waals surface area contributed by atoms with Crippen molar-refractivity contribution in [3.05, 3.63) is 28.8 Å². The molecule has 0 amide bonds. The molecule has 0 saturated heterocycles. The van der Waals surface area contributed by atoms with Crippen LogP contribution in [0, 0.1) is 6.92 Å². The molecule has 0 heterocycles. The maximum absolute atomic E-state index is 5.97. The Hall–Kier alpha value is -0.770. The molecule has 4 heteroatoms. The van der Waals surface area contributed by atoms with Crippen molar-refractivity contribution < 1.29 is 9.47 Å². The summed E-state index contributed by atoms with van der Waals surface area (Å²) in [5.74, 6) is 0. The lowest BCUT2D eigenvalue weighted by atomic mass is 10.2. The van der Waals surface area contributed by atoms with E-state index >= 15 is 0 Å². The van der Waals surface area contributed by atoms with Gasteiger partial charge in [0, 0.05) is 36.9 Å². The van der Waals surface area contributed by atoms with Crippen LogP contribution in [-0.4, -0.2) is 26.0 Å². The first-order chi connectivity index (χ1) is 8.67. The van der Waals surface area contributed by atoms with Crippen LogP contribution in [0.3, 0.4) is 0 Å². The van der Waals surface area contributed by atoms with Gasteiger partial charge in [0.2, 0.25) is 0 Å². The summed E-state index contributed by atoms with van der Waals surface area (Å²) in [4.78, 5) is 0. The summed E-state index contributed by atoms with van der Waals surface area (Å²) in [5.41, 5.74) is 2.25. The molecule has 0 fully saturated rings. The predicted octanol–water partition coefficient (Wildman–Crippen LogP) is 3.85. The van der Waals surface area contributed by atoms with Crippen LogP contribution < -0.4 is 5.32 Å². The SMILES string of the molecule is CCOC(CCNc1cc(Cl)ccc1C)OCC. The van der Waals surface area contributed by atoms with Crippen LogP contribution in [-0.2, 0) is 9.47 Å². The molecule has 0 spiro atoms. The highest BCUT2D eigenvalue weighted by atomic mass is 35.5. The van der Waals surface area contributed by atoms with Crippen LogP contribution in [0.5, 0.6) is 0 Å². The Kier molecular flexibility index (Phi) is 7.09. The van der Waals surface area contributed by atoms with Crippen molar-refractivity contribution in [1.29, 1.82) is 0 Å². The van der Waals surface area contributed by atoms with Crippen molar-refractivity contribution in [1.82, 2.24) is 0 Å². The Bertz CT molecular complexity index is 352. The fourth-order valence-electron chi connectivity index (χ4n) is 1.70. The highest BCUT2D eigenvalue weighted by molar-refractivity contribution is 6.30. The highest BCUT2D eigenvalue weighted by Crippen LogP contribution is 2.20. The number of aryl methyl sites for hydroxylation is 1. The van der Waals surface area contributed by atoms with Gasteiger partial charge in [-0.05, 0) is 38.5 Å². The Morgan fingerprint density at radius 2 is 1.89 bits per heavy atom. The fraction of sp³-hybridized carbons (Fsp3) is 0.571. The van der Waals surface area contributed by atoms with Gasteiger partial charge in [0.25, 0.3) is 0 Å². The molecule has 1 aromatic rings. The molecular formula is C14H22ClNO2. The molecule has 1 aromatic carbocycles. The highest BCUT2D eigenvalue weighted by Gasteiger charge is 2.07. The first-order valence-corrected chi connectivity index (χ1v) is 6.78. The average molecular weight is 272 g/mol. The lowest BCUT2D eigenvalue weighted by molar-refractivity contribution is -0.137. The molecule has 1 N–H and O–H groups in total. The molecular weight excluding hydrogens is 250 g/mol. The average Bonchev–Trinajstić information content (AvgIpc) is 2.34. The van der Waals surface area contributed by atoms with Crippen LogP contribution >= 0.6 is 11.6 Å². The topological polar surface area (TPSA) is 30.5 Å². The van der Waals surface area contributed by atoms with E-state index in [9.17, 15) is 0 Å². The second-order valence-electron chi connectivity index (χ2n) is 4.01. The van der Waals surface area contributed by atoms with Gasteiger partial charge in [0.05, 0.1) is 0 Å². The van der Waals surface area contributed by atoms with Crippen molar-refractivity contribution in [2.45, 2.75) is 33.5 Å². The molecule has 102 valence electrons. The third-order valence-corrected chi connectivity index (χ3v) is 2.84. The monoisotopic (exact) mass is 271 g/mol. The molecule has 1 rings (SSSR count). The third-order valence-electron chi connectivity index (χ3n) is 2.60. The normalized spacial score (nSPS) is 10.9. The Labute approximate surface area is 114 Å². The second-order valence-corrected chi connectivity index (χ2v) is 4.45. The molecule has 0 saturated carbocycles. The van der Waals surface area contributed by atoms with Crippen LogP contribution in [0.1, 0.15) is 25.8 Å². The smallest absolute Gasteiger partial charge is 0.159 e. The van der Waals surface area contributed by atoms with E-state index in [2.05, 4.69) is 12.2 Å². The molecule has 3 nitrogen and oxygen atoms in total. The number of hydrogen-bond donors (Lipinski definition) is 1. The number of nitrogens with one attached hydrogen (secondary N) is 1. The summed E-state index contributed by atoms with van der Waals surface area (Å²) in [6.07, 6.45) is 0.681. The fourth-order valence-corrected chi connectivity index (χ4v) is 1.87. The van der Waals surface area contributed by atoms with Crippen LogP contribution in [0.15, 0.2) is 18.2 Å². The zero-order chi connectivity index (χ0) is 13.4. The van der Waals surface area contributed by atoms with E-state index < -0.39 is 0 Å². The van der Waals surface area contributed by atoms with Gasteiger partial charge >= 0.3 is 0 Å². The minimum atomic E-state index is -0.132. The Morgan fingerprint density at radius 3 is 2.50 bits per heavy atom. The van der Waals surface area contributed by atoms with Gasteiger partial charge in [-0.2, -0.15) is 0 Å². The maximum atomic E-state index is 5.97. The van der Waals surface area contributed by atoms with Gasteiger partial charge in [-0.1, -0.05) is 17.7 Å². The van der Waals surface area contributed by atoms with E-state index in [0.29, 0.717) is 13.2 Å². The lowest BCUT2D eigenvalue weighted by Gasteiger charge is -2.18. The summed E-state index contributed by atoms with van der Waals surface area (Å²) in [5, 5.41) is 4.10. The molecule has 0 aliphatic heterocycles. The molecule has 0 aromatic heterocycles. The van der Waals surface area contributed by atoms with E-state index in [0.717, 1.165) is 23.7 Å². The molecule has 0 atom stereocenters. The number of benzene rings is 1. The first kappa shape index (κ1) is 15.3. The largest absolute Gasteiger partial charge is 0.385 e. The standard InChI is InChI=1S/C14H22ClNO2/c1-4-17-14(18-5-2)8-9-16-13-10-12(15)7-6-11(13)3/h6-7,10,14,16H,4-5,8-9H2,1-3H3. The number of halogens is 1. The van der Waals surface area contributed by atoms with Crippen molar-refractivity contribution >= 4 is 17.3 Å². The van der Waals surface area contributed by atoms with Crippen LogP contribution in [0.4, 0.5) is 5.69 Å². The minimum absolute atomic E-state index is 0.132. The summed E-state index contributed by atoms with van der Waals surface area (Å²) in [7, 11) is 0. The zero-order valence-electron chi connectivity index (χ0n) is 11.3. The maximum Gasteiger partial charge on any atom is 0.159 e.